The highest BCUT2D eigenvalue weighted by molar-refractivity contribution is 9.11. The van der Waals surface area contributed by atoms with Gasteiger partial charge in [-0.05, 0) is 39.7 Å². The van der Waals surface area contributed by atoms with Crippen molar-refractivity contribution in [3.8, 4) is 0 Å². The zero-order valence-corrected chi connectivity index (χ0v) is 7.86. The normalized spacial score (nSPS) is 11.7. The predicted molar refractivity (Wildman–Crippen MR) is 49.5 cm³/mol. The van der Waals surface area contributed by atoms with Crippen molar-refractivity contribution in [2.45, 2.75) is 0 Å². The molecule has 0 N–H and O–H groups in total. The van der Waals surface area contributed by atoms with Gasteiger partial charge in [-0.2, -0.15) is 4.39 Å². The summed E-state index contributed by atoms with van der Waals surface area (Å²) in [6, 6.07) is 6.90. The second kappa shape index (κ2) is 3.88. The van der Waals surface area contributed by atoms with E-state index >= 15 is 0 Å². The van der Waals surface area contributed by atoms with Gasteiger partial charge in [-0.3, -0.25) is 0 Å². The monoisotopic (exact) mass is 234 g/mol. The van der Waals surface area contributed by atoms with Crippen LogP contribution in [0.4, 0.5) is 4.39 Å². The Kier molecular flexibility index (Phi) is 3.09. The molecule has 1 aromatic carbocycles. The van der Waals surface area contributed by atoms with Crippen molar-refractivity contribution < 1.29 is 4.39 Å². The summed E-state index contributed by atoms with van der Waals surface area (Å²) >= 11 is 8.31. The minimum atomic E-state index is -0.389. The summed E-state index contributed by atoms with van der Waals surface area (Å²) in [6.07, 6.45) is 1.37. The quantitative estimate of drug-likeness (QED) is 0.690. The second-order valence-electron chi connectivity index (χ2n) is 1.99. The number of hydrogen-bond donors (Lipinski definition) is 0. The molecule has 0 atom stereocenters. The maximum atomic E-state index is 12.2. The first-order chi connectivity index (χ1) is 5.18. The van der Waals surface area contributed by atoms with Crippen LogP contribution in [0.25, 0.3) is 6.08 Å². The first kappa shape index (κ1) is 8.75. The molecule has 0 aliphatic rings. The molecular formula is C8H5BrClF. The largest absolute Gasteiger partial charge is 0.199 e. The van der Waals surface area contributed by atoms with Gasteiger partial charge in [-0.25, -0.2) is 0 Å². The summed E-state index contributed by atoms with van der Waals surface area (Å²) in [7, 11) is 0. The molecule has 0 aliphatic heterocycles. The minimum absolute atomic E-state index is 0.389. The lowest BCUT2D eigenvalue weighted by Crippen LogP contribution is -1.69. The van der Waals surface area contributed by atoms with Gasteiger partial charge in [-0.15, -0.1) is 0 Å². The molecule has 0 saturated carbocycles. The highest BCUT2D eigenvalue weighted by Crippen LogP contribution is 2.15. The van der Waals surface area contributed by atoms with E-state index in [2.05, 4.69) is 15.9 Å². The fourth-order valence-corrected chi connectivity index (χ4v) is 1.08. The van der Waals surface area contributed by atoms with Crippen molar-refractivity contribution in [1.29, 1.82) is 0 Å². The van der Waals surface area contributed by atoms with E-state index < -0.39 is 0 Å². The summed E-state index contributed by atoms with van der Waals surface area (Å²) in [5, 5.41) is 0.650. The zero-order valence-electron chi connectivity index (χ0n) is 5.52. The molecule has 3 heteroatoms. The lowest BCUT2D eigenvalue weighted by Gasteiger charge is -1.91. The minimum Gasteiger partial charge on any atom is -0.199 e. The van der Waals surface area contributed by atoms with E-state index in [9.17, 15) is 4.39 Å². The van der Waals surface area contributed by atoms with Gasteiger partial charge in [0, 0.05) is 5.02 Å². The summed E-state index contributed by atoms with van der Waals surface area (Å²) in [6.45, 7) is 0. The van der Waals surface area contributed by atoms with Gasteiger partial charge >= 0.3 is 0 Å². The van der Waals surface area contributed by atoms with Crippen LogP contribution in [-0.2, 0) is 0 Å². The molecule has 0 bridgehead atoms. The average molecular weight is 235 g/mol. The van der Waals surface area contributed by atoms with Crippen molar-refractivity contribution >= 4 is 33.6 Å². The van der Waals surface area contributed by atoms with Crippen LogP contribution < -0.4 is 0 Å². The Bertz CT molecular complexity index is 262. The third kappa shape index (κ3) is 3.04. The standard InChI is InChI=1S/C8H5BrClF/c9-8(11)5-6-1-3-7(10)4-2-6/h1-5H/b8-5+. The van der Waals surface area contributed by atoms with Crippen LogP contribution in [0.15, 0.2) is 29.0 Å². The molecule has 1 aromatic rings. The molecule has 0 heterocycles. The van der Waals surface area contributed by atoms with Crippen molar-refractivity contribution in [3.05, 3.63) is 39.6 Å². The van der Waals surface area contributed by atoms with Crippen LogP contribution in [0.5, 0.6) is 0 Å². The van der Waals surface area contributed by atoms with Gasteiger partial charge in [-0.1, -0.05) is 23.7 Å². The van der Waals surface area contributed by atoms with Gasteiger partial charge in [0.1, 0.15) is 0 Å². The molecule has 0 amide bonds. The van der Waals surface area contributed by atoms with Gasteiger partial charge in [0.2, 0.25) is 0 Å². The summed E-state index contributed by atoms with van der Waals surface area (Å²) < 4.78 is 11.8. The molecule has 11 heavy (non-hydrogen) atoms. The molecule has 0 unspecified atom stereocenters. The maximum absolute atomic E-state index is 12.2. The molecule has 0 aromatic heterocycles. The molecule has 0 radical (unpaired) electrons. The number of hydrogen-bond acceptors (Lipinski definition) is 0. The molecule has 0 nitrogen and oxygen atoms in total. The highest BCUT2D eigenvalue weighted by atomic mass is 79.9. The smallest absolute Gasteiger partial charge is 0.166 e. The summed E-state index contributed by atoms with van der Waals surface area (Å²) in [4.78, 5) is 0. The number of rotatable bonds is 1. The van der Waals surface area contributed by atoms with E-state index in [4.69, 9.17) is 11.6 Å². The Balaban J connectivity index is 2.91. The van der Waals surface area contributed by atoms with E-state index in [0.717, 1.165) is 5.56 Å². The van der Waals surface area contributed by atoms with Crippen LogP contribution in [-0.4, -0.2) is 0 Å². The predicted octanol–water partition coefficient (Wildman–Crippen LogP) is 4.00. The number of benzene rings is 1. The van der Waals surface area contributed by atoms with Crippen LogP contribution in [0, 0.1) is 0 Å². The lowest BCUT2D eigenvalue weighted by molar-refractivity contribution is 0.712. The summed E-state index contributed by atoms with van der Waals surface area (Å²) in [5.41, 5.74) is 0.781. The van der Waals surface area contributed by atoms with Crippen LogP contribution in [0.3, 0.4) is 0 Å². The van der Waals surface area contributed by atoms with Gasteiger partial charge in [0.15, 0.2) is 4.74 Å². The molecule has 0 spiro atoms. The fourth-order valence-electron chi connectivity index (χ4n) is 0.685. The Labute approximate surface area is 77.8 Å². The van der Waals surface area contributed by atoms with Gasteiger partial charge in [0.25, 0.3) is 0 Å². The third-order valence-electron chi connectivity index (χ3n) is 1.15. The Morgan fingerprint density at radius 2 is 1.91 bits per heavy atom. The first-order valence-electron chi connectivity index (χ1n) is 2.97. The number of halogens is 3. The van der Waals surface area contributed by atoms with Gasteiger partial charge in [0.05, 0.1) is 0 Å². The Hall–Kier alpha value is -0.340. The second-order valence-corrected chi connectivity index (χ2v) is 3.18. The SMILES string of the molecule is F/C(Br)=C/c1ccc(Cl)cc1. The first-order valence-corrected chi connectivity index (χ1v) is 4.14. The molecular weight excluding hydrogens is 230 g/mol. The topological polar surface area (TPSA) is 0 Å². The van der Waals surface area contributed by atoms with E-state index in [0.29, 0.717) is 5.02 Å². The zero-order chi connectivity index (χ0) is 8.27. The van der Waals surface area contributed by atoms with E-state index in [1.807, 2.05) is 0 Å². The lowest BCUT2D eigenvalue weighted by atomic mass is 10.2. The van der Waals surface area contributed by atoms with Crippen LogP contribution in [0.2, 0.25) is 5.02 Å². The molecule has 58 valence electrons. The molecule has 0 aliphatic carbocycles. The van der Waals surface area contributed by atoms with Crippen molar-refractivity contribution in [2.24, 2.45) is 0 Å². The van der Waals surface area contributed by atoms with Crippen molar-refractivity contribution in [2.75, 3.05) is 0 Å². The van der Waals surface area contributed by atoms with Crippen LogP contribution >= 0.6 is 27.5 Å². The third-order valence-corrected chi connectivity index (χ3v) is 1.63. The molecule has 0 fully saturated rings. The average Bonchev–Trinajstić information content (AvgIpc) is 1.93. The van der Waals surface area contributed by atoms with Gasteiger partial charge < -0.3 is 0 Å². The Morgan fingerprint density at radius 3 is 2.36 bits per heavy atom. The molecule has 1 rings (SSSR count). The Morgan fingerprint density at radius 1 is 1.36 bits per heavy atom. The van der Waals surface area contributed by atoms with E-state index in [1.54, 1.807) is 24.3 Å². The summed E-state index contributed by atoms with van der Waals surface area (Å²) in [5.74, 6) is 0. The van der Waals surface area contributed by atoms with Crippen LogP contribution in [0.1, 0.15) is 5.56 Å². The van der Waals surface area contributed by atoms with E-state index in [1.165, 1.54) is 6.08 Å². The van der Waals surface area contributed by atoms with Crippen molar-refractivity contribution in [1.82, 2.24) is 0 Å². The maximum Gasteiger partial charge on any atom is 0.166 e. The molecule has 0 saturated heterocycles. The van der Waals surface area contributed by atoms with E-state index in [-0.39, 0.29) is 4.74 Å². The highest BCUT2D eigenvalue weighted by Gasteiger charge is 1.90. The fraction of sp³-hybridized carbons (Fsp3) is 0. The van der Waals surface area contributed by atoms with Crippen molar-refractivity contribution in [3.63, 3.8) is 0 Å².